The van der Waals surface area contributed by atoms with Crippen LogP contribution < -0.4 is 10.1 Å². The van der Waals surface area contributed by atoms with Crippen LogP contribution in [0.4, 0.5) is 8.78 Å². The van der Waals surface area contributed by atoms with E-state index in [9.17, 15) is 18.4 Å². The van der Waals surface area contributed by atoms with E-state index in [0.29, 0.717) is 5.02 Å². The summed E-state index contributed by atoms with van der Waals surface area (Å²) in [6.45, 7) is 0. The van der Waals surface area contributed by atoms with Crippen molar-refractivity contribution in [1.82, 2.24) is 5.32 Å². The van der Waals surface area contributed by atoms with Crippen molar-refractivity contribution < 1.29 is 28.2 Å². The molecule has 0 heterocycles. The number of carbonyl (C=O) groups is 2. The first-order valence-electron chi connectivity index (χ1n) is 5.50. The number of nitrogens with one attached hydrogen (secondary N) is 1. The molecule has 0 radical (unpaired) electrons. The molecule has 1 amide bonds. The molecule has 1 rings (SSSR count). The number of aliphatic carboxylic acids is 1. The van der Waals surface area contributed by atoms with Gasteiger partial charge in [-0.3, -0.25) is 4.79 Å². The molecule has 1 aromatic rings. The smallest absolute Gasteiger partial charge is 0.326 e. The predicted octanol–water partition coefficient (Wildman–Crippen LogP) is 2.19. The first-order chi connectivity index (χ1) is 9.35. The molecule has 0 bridgehead atoms. The molecule has 0 aliphatic heterocycles. The van der Waals surface area contributed by atoms with Crippen molar-refractivity contribution >= 4 is 23.5 Å². The largest absolute Gasteiger partial charge is 0.496 e. The van der Waals surface area contributed by atoms with Crippen molar-refractivity contribution in [1.29, 1.82) is 0 Å². The van der Waals surface area contributed by atoms with E-state index < -0.39 is 30.8 Å². The number of amides is 1. The van der Waals surface area contributed by atoms with Gasteiger partial charge in [-0.15, -0.1) is 0 Å². The fraction of sp³-hybridized carbons (Fsp3) is 0.333. The van der Waals surface area contributed by atoms with Crippen LogP contribution in [0.2, 0.25) is 5.02 Å². The molecule has 1 aromatic carbocycles. The van der Waals surface area contributed by atoms with Crippen molar-refractivity contribution in [2.24, 2.45) is 0 Å². The molecule has 2 N–H and O–H groups in total. The van der Waals surface area contributed by atoms with Crippen LogP contribution in [0.3, 0.4) is 0 Å². The summed E-state index contributed by atoms with van der Waals surface area (Å²) in [6.07, 6.45) is -3.82. The zero-order valence-electron chi connectivity index (χ0n) is 10.4. The highest BCUT2D eigenvalue weighted by molar-refractivity contribution is 6.30. The predicted molar refractivity (Wildman–Crippen MR) is 67.5 cm³/mol. The molecule has 0 fully saturated rings. The highest BCUT2D eigenvalue weighted by atomic mass is 35.5. The lowest BCUT2D eigenvalue weighted by Crippen LogP contribution is -2.42. The minimum absolute atomic E-state index is 0.0115. The third-order valence-corrected chi connectivity index (χ3v) is 2.66. The van der Waals surface area contributed by atoms with Gasteiger partial charge in [0.1, 0.15) is 11.8 Å². The molecule has 1 atom stereocenters. The topological polar surface area (TPSA) is 75.6 Å². The maximum Gasteiger partial charge on any atom is 0.326 e. The van der Waals surface area contributed by atoms with E-state index in [0.717, 1.165) is 0 Å². The number of alkyl halides is 2. The number of hydrogen-bond acceptors (Lipinski definition) is 3. The Labute approximate surface area is 118 Å². The highest BCUT2D eigenvalue weighted by Gasteiger charge is 2.25. The van der Waals surface area contributed by atoms with Crippen LogP contribution in [0.25, 0.3) is 0 Å². The minimum Gasteiger partial charge on any atom is -0.496 e. The number of hydrogen-bond donors (Lipinski definition) is 2. The molecule has 5 nitrogen and oxygen atoms in total. The molecule has 0 spiro atoms. The van der Waals surface area contributed by atoms with Crippen molar-refractivity contribution in [2.75, 3.05) is 7.11 Å². The molecule has 0 aromatic heterocycles. The zero-order valence-corrected chi connectivity index (χ0v) is 11.2. The van der Waals surface area contributed by atoms with Gasteiger partial charge in [0.15, 0.2) is 0 Å². The van der Waals surface area contributed by atoms with Crippen LogP contribution in [-0.2, 0) is 4.79 Å². The Bertz CT molecular complexity index is 510. The molecule has 0 aliphatic carbocycles. The quantitative estimate of drug-likeness (QED) is 0.844. The number of ether oxygens (including phenoxy) is 1. The second-order valence-electron chi connectivity index (χ2n) is 3.84. The highest BCUT2D eigenvalue weighted by Crippen LogP contribution is 2.23. The van der Waals surface area contributed by atoms with E-state index in [1.54, 1.807) is 0 Å². The van der Waals surface area contributed by atoms with Crippen LogP contribution in [0.5, 0.6) is 5.75 Å². The van der Waals surface area contributed by atoms with Gasteiger partial charge >= 0.3 is 5.97 Å². The lowest BCUT2D eigenvalue weighted by atomic mass is 10.1. The first-order valence-corrected chi connectivity index (χ1v) is 5.88. The average Bonchev–Trinajstić information content (AvgIpc) is 2.36. The standard InChI is InChI=1S/C12H12ClF2NO4/c1-20-9-4-6(13)2-3-7(9)11(17)16-8(12(18)19)5-10(14)15/h2-4,8,10H,5H2,1H3,(H,16,17)(H,18,19). The van der Waals surface area contributed by atoms with Crippen LogP contribution >= 0.6 is 11.6 Å². The lowest BCUT2D eigenvalue weighted by molar-refractivity contribution is -0.140. The Morgan fingerprint density at radius 2 is 2.10 bits per heavy atom. The Balaban J connectivity index is 2.91. The van der Waals surface area contributed by atoms with Gasteiger partial charge in [0, 0.05) is 11.4 Å². The zero-order chi connectivity index (χ0) is 15.3. The van der Waals surface area contributed by atoms with E-state index in [2.05, 4.69) is 0 Å². The monoisotopic (exact) mass is 307 g/mol. The van der Waals surface area contributed by atoms with Gasteiger partial charge in [-0.25, -0.2) is 13.6 Å². The number of carboxylic acid groups (broad SMARTS) is 1. The van der Waals surface area contributed by atoms with E-state index in [4.69, 9.17) is 21.4 Å². The fourth-order valence-corrected chi connectivity index (χ4v) is 1.65. The number of benzene rings is 1. The summed E-state index contributed by atoms with van der Waals surface area (Å²) in [5.41, 5.74) is 0.0115. The summed E-state index contributed by atoms with van der Waals surface area (Å²) < 4.78 is 29.4. The maximum absolute atomic E-state index is 12.2. The molecule has 8 heteroatoms. The number of rotatable bonds is 6. The molecule has 0 aliphatic rings. The molecular formula is C12H12ClF2NO4. The van der Waals surface area contributed by atoms with Gasteiger partial charge in [0.2, 0.25) is 6.43 Å². The van der Waals surface area contributed by atoms with Gasteiger partial charge in [-0.05, 0) is 18.2 Å². The first kappa shape index (κ1) is 16.2. The van der Waals surface area contributed by atoms with Gasteiger partial charge < -0.3 is 15.2 Å². The Morgan fingerprint density at radius 3 is 2.60 bits per heavy atom. The molecular weight excluding hydrogens is 296 g/mol. The molecule has 0 saturated heterocycles. The molecule has 20 heavy (non-hydrogen) atoms. The summed E-state index contributed by atoms with van der Waals surface area (Å²) in [7, 11) is 1.30. The Morgan fingerprint density at radius 1 is 1.45 bits per heavy atom. The van der Waals surface area contributed by atoms with Crippen LogP contribution in [0.15, 0.2) is 18.2 Å². The molecule has 1 unspecified atom stereocenters. The van der Waals surface area contributed by atoms with Crippen molar-refractivity contribution in [2.45, 2.75) is 18.9 Å². The van der Waals surface area contributed by atoms with Crippen LogP contribution in [0.1, 0.15) is 16.8 Å². The summed E-state index contributed by atoms with van der Waals surface area (Å²) in [4.78, 5) is 22.7. The van der Waals surface area contributed by atoms with Crippen LogP contribution in [0, 0.1) is 0 Å². The fourth-order valence-electron chi connectivity index (χ4n) is 1.49. The van der Waals surface area contributed by atoms with Gasteiger partial charge in [-0.2, -0.15) is 0 Å². The second-order valence-corrected chi connectivity index (χ2v) is 4.27. The third kappa shape index (κ3) is 4.34. The van der Waals surface area contributed by atoms with Gasteiger partial charge in [-0.1, -0.05) is 11.6 Å². The number of halogens is 3. The normalized spacial score (nSPS) is 12.1. The van der Waals surface area contributed by atoms with E-state index in [1.807, 2.05) is 5.32 Å². The summed E-state index contributed by atoms with van der Waals surface area (Å²) in [5, 5.41) is 11.1. The lowest BCUT2D eigenvalue weighted by Gasteiger charge is -2.15. The van der Waals surface area contributed by atoms with Gasteiger partial charge in [0.25, 0.3) is 5.91 Å². The van der Waals surface area contributed by atoms with Crippen molar-refractivity contribution in [3.8, 4) is 5.75 Å². The SMILES string of the molecule is COc1cc(Cl)ccc1C(=O)NC(CC(F)F)C(=O)O. The number of methoxy groups -OCH3 is 1. The second kappa shape index (κ2) is 7.04. The van der Waals surface area contributed by atoms with Gasteiger partial charge in [0.05, 0.1) is 12.7 Å². The molecule has 0 saturated carbocycles. The maximum atomic E-state index is 12.2. The Kier molecular flexibility index (Phi) is 5.69. The molecule has 110 valence electrons. The summed E-state index contributed by atoms with van der Waals surface area (Å²) in [5.74, 6) is -2.24. The van der Waals surface area contributed by atoms with Crippen molar-refractivity contribution in [3.05, 3.63) is 28.8 Å². The van der Waals surface area contributed by atoms with Crippen LogP contribution in [-0.4, -0.2) is 36.6 Å². The van der Waals surface area contributed by atoms with E-state index in [-0.39, 0.29) is 11.3 Å². The van der Waals surface area contributed by atoms with E-state index >= 15 is 0 Å². The van der Waals surface area contributed by atoms with Crippen molar-refractivity contribution in [3.63, 3.8) is 0 Å². The minimum atomic E-state index is -2.84. The number of carboxylic acids is 1. The Hall–Kier alpha value is -1.89. The average molecular weight is 308 g/mol. The summed E-state index contributed by atoms with van der Waals surface area (Å²) >= 11 is 5.72. The number of carbonyl (C=O) groups excluding carboxylic acids is 1. The van der Waals surface area contributed by atoms with E-state index in [1.165, 1.54) is 25.3 Å². The third-order valence-electron chi connectivity index (χ3n) is 2.43. The summed E-state index contributed by atoms with van der Waals surface area (Å²) in [6, 6.07) is 2.40.